The fourth-order valence-electron chi connectivity index (χ4n) is 3.41. The predicted molar refractivity (Wildman–Crippen MR) is 109 cm³/mol. The number of nitrogens with one attached hydrogen (secondary N) is 1. The molecule has 1 N–H and O–H groups in total. The molecule has 1 saturated carbocycles. The number of halogens is 2. The van der Waals surface area contributed by atoms with Crippen molar-refractivity contribution in [1.29, 1.82) is 0 Å². The number of amides is 1. The van der Waals surface area contributed by atoms with Gasteiger partial charge in [0.2, 0.25) is 5.91 Å². The van der Waals surface area contributed by atoms with E-state index < -0.39 is 0 Å². The number of anilines is 1. The van der Waals surface area contributed by atoms with Crippen LogP contribution in [0.25, 0.3) is 0 Å². The van der Waals surface area contributed by atoms with Gasteiger partial charge in [0.15, 0.2) is 0 Å². The second-order valence-electron chi connectivity index (χ2n) is 7.04. The molecule has 1 amide bonds. The monoisotopic (exact) mass is 388 g/mol. The second kappa shape index (κ2) is 8.85. The SMILES string of the molecule is CCc1cccc(CC)c1NC(=O)CN(Cc1c(F)cccc1Cl)C1CC1. The number of carbonyl (C=O) groups is 1. The van der Waals surface area contributed by atoms with E-state index in [1.165, 1.54) is 6.07 Å². The maximum atomic E-state index is 14.2. The molecule has 144 valence electrons. The largest absolute Gasteiger partial charge is 0.324 e. The van der Waals surface area contributed by atoms with Gasteiger partial charge in [-0.05, 0) is 48.9 Å². The zero-order valence-corrected chi connectivity index (χ0v) is 16.7. The Balaban J connectivity index is 1.74. The first-order valence-corrected chi connectivity index (χ1v) is 9.98. The molecule has 0 unspecified atom stereocenters. The van der Waals surface area contributed by atoms with Gasteiger partial charge in [0.05, 0.1) is 6.54 Å². The first kappa shape index (κ1) is 19.8. The Hall–Kier alpha value is -1.91. The van der Waals surface area contributed by atoms with Gasteiger partial charge in [-0.25, -0.2) is 4.39 Å². The van der Waals surface area contributed by atoms with Crippen LogP contribution in [0.1, 0.15) is 43.4 Å². The van der Waals surface area contributed by atoms with Gasteiger partial charge in [-0.3, -0.25) is 9.69 Å². The average Bonchev–Trinajstić information content (AvgIpc) is 3.49. The van der Waals surface area contributed by atoms with Gasteiger partial charge in [-0.1, -0.05) is 49.7 Å². The molecule has 0 spiro atoms. The van der Waals surface area contributed by atoms with Gasteiger partial charge in [0.25, 0.3) is 0 Å². The lowest BCUT2D eigenvalue weighted by Crippen LogP contribution is -2.35. The number of nitrogens with zero attached hydrogens (tertiary/aromatic N) is 1. The lowest BCUT2D eigenvalue weighted by molar-refractivity contribution is -0.117. The zero-order valence-electron chi connectivity index (χ0n) is 15.9. The van der Waals surface area contributed by atoms with Gasteiger partial charge in [0, 0.05) is 28.9 Å². The highest BCUT2D eigenvalue weighted by molar-refractivity contribution is 6.31. The van der Waals surface area contributed by atoms with E-state index in [4.69, 9.17) is 11.6 Å². The summed E-state index contributed by atoms with van der Waals surface area (Å²) in [6, 6.07) is 11.2. The summed E-state index contributed by atoms with van der Waals surface area (Å²) in [5.41, 5.74) is 3.66. The fourth-order valence-corrected chi connectivity index (χ4v) is 3.63. The fraction of sp³-hybridized carbons (Fsp3) is 0.409. The van der Waals surface area contributed by atoms with E-state index >= 15 is 0 Å². The molecular weight excluding hydrogens is 363 g/mol. The lowest BCUT2D eigenvalue weighted by Gasteiger charge is -2.23. The molecule has 2 aromatic carbocycles. The molecular formula is C22H26ClFN2O. The van der Waals surface area contributed by atoms with E-state index in [-0.39, 0.29) is 18.3 Å². The van der Waals surface area contributed by atoms with Crippen LogP contribution in [0, 0.1) is 5.82 Å². The van der Waals surface area contributed by atoms with Crippen LogP contribution in [-0.2, 0) is 24.2 Å². The quantitative estimate of drug-likeness (QED) is 0.673. The van der Waals surface area contributed by atoms with Gasteiger partial charge in [0.1, 0.15) is 5.82 Å². The van der Waals surface area contributed by atoms with Gasteiger partial charge < -0.3 is 5.32 Å². The topological polar surface area (TPSA) is 32.3 Å². The van der Waals surface area contributed by atoms with Crippen LogP contribution in [0.15, 0.2) is 36.4 Å². The Kier molecular flexibility index (Phi) is 6.51. The molecule has 0 radical (unpaired) electrons. The van der Waals surface area contributed by atoms with E-state index in [1.807, 2.05) is 23.1 Å². The molecule has 3 nitrogen and oxygen atoms in total. The van der Waals surface area contributed by atoms with Crippen molar-refractivity contribution in [2.45, 2.75) is 52.1 Å². The highest BCUT2D eigenvalue weighted by Gasteiger charge is 2.31. The van der Waals surface area contributed by atoms with E-state index in [1.54, 1.807) is 12.1 Å². The van der Waals surface area contributed by atoms with Gasteiger partial charge in [-0.15, -0.1) is 0 Å². The van der Waals surface area contributed by atoms with E-state index in [2.05, 4.69) is 19.2 Å². The normalized spacial score (nSPS) is 13.8. The summed E-state index contributed by atoms with van der Waals surface area (Å²) < 4.78 is 14.2. The first-order valence-electron chi connectivity index (χ1n) is 9.61. The third-order valence-electron chi connectivity index (χ3n) is 5.10. The molecule has 0 aromatic heterocycles. The van der Waals surface area contributed by atoms with Crippen molar-refractivity contribution in [3.63, 3.8) is 0 Å². The maximum Gasteiger partial charge on any atom is 0.238 e. The molecule has 27 heavy (non-hydrogen) atoms. The van der Waals surface area contributed by atoms with Crippen LogP contribution in [-0.4, -0.2) is 23.4 Å². The number of hydrogen-bond acceptors (Lipinski definition) is 2. The van der Waals surface area contributed by atoms with Crippen molar-refractivity contribution in [3.8, 4) is 0 Å². The van der Waals surface area contributed by atoms with Crippen LogP contribution in [0.4, 0.5) is 10.1 Å². The molecule has 5 heteroatoms. The number of rotatable bonds is 8. The summed E-state index contributed by atoms with van der Waals surface area (Å²) in [5, 5.41) is 3.51. The van der Waals surface area contributed by atoms with Crippen LogP contribution < -0.4 is 5.32 Å². The van der Waals surface area contributed by atoms with Crippen molar-refractivity contribution in [1.82, 2.24) is 4.90 Å². The van der Waals surface area contributed by atoms with E-state index in [0.29, 0.717) is 23.2 Å². The van der Waals surface area contributed by atoms with Crippen molar-refractivity contribution in [2.24, 2.45) is 0 Å². The Morgan fingerprint density at radius 2 is 1.78 bits per heavy atom. The Bertz CT molecular complexity index is 777. The minimum absolute atomic E-state index is 0.0649. The smallest absolute Gasteiger partial charge is 0.238 e. The van der Waals surface area contributed by atoms with E-state index in [9.17, 15) is 9.18 Å². The summed E-state index contributed by atoms with van der Waals surface area (Å²) in [5.74, 6) is -0.386. The highest BCUT2D eigenvalue weighted by Crippen LogP contribution is 2.31. The molecule has 0 heterocycles. The third kappa shape index (κ3) is 4.88. The van der Waals surface area contributed by atoms with Gasteiger partial charge >= 0.3 is 0 Å². The van der Waals surface area contributed by atoms with Crippen LogP contribution >= 0.6 is 11.6 Å². The number of hydrogen-bond donors (Lipinski definition) is 1. The molecule has 1 aliphatic carbocycles. The first-order chi connectivity index (χ1) is 13.0. The lowest BCUT2D eigenvalue weighted by atomic mass is 10.0. The standard InChI is InChI=1S/C22H26ClFN2O/c1-3-15-7-5-8-16(4-2)22(15)25-21(27)14-26(17-11-12-17)13-18-19(23)9-6-10-20(18)24/h5-10,17H,3-4,11-14H2,1-2H3,(H,25,27). The van der Waals surface area contributed by atoms with Crippen molar-refractivity contribution in [3.05, 3.63) is 63.9 Å². The van der Waals surface area contributed by atoms with Crippen LogP contribution in [0.5, 0.6) is 0 Å². The predicted octanol–water partition coefficient (Wildman–Crippen LogP) is 5.21. The number of para-hydroxylation sites is 1. The molecule has 2 aromatic rings. The maximum absolute atomic E-state index is 14.2. The molecule has 1 aliphatic rings. The van der Waals surface area contributed by atoms with Crippen LogP contribution in [0.2, 0.25) is 5.02 Å². The minimum Gasteiger partial charge on any atom is -0.324 e. The molecule has 0 atom stereocenters. The summed E-state index contributed by atoms with van der Waals surface area (Å²) in [6.45, 7) is 4.75. The number of carbonyl (C=O) groups excluding carboxylic acids is 1. The van der Waals surface area contributed by atoms with Gasteiger partial charge in [-0.2, -0.15) is 0 Å². The van der Waals surface area contributed by atoms with Crippen molar-refractivity contribution in [2.75, 3.05) is 11.9 Å². The van der Waals surface area contributed by atoms with Crippen molar-refractivity contribution < 1.29 is 9.18 Å². The minimum atomic E-state index is -0.321. The van der Waals surface area contributed by atoms with Crippen LogP contribution in [0.3, 0.4) is 0 Å². The molecule has 0 saturated heterocycles. The third-order valence-corrected chi connectivity index (χ3v) is 5.45. The number of aryl methyl sites for hydroxylation is 2. The summed E-state index contributed by atoms with van der Waals surface area (Å²) in [4.78, 5) is 14.8. The molecule has 0 aliphatic heterocycles. The summed E-state index contributed by atoms with van der Waals surface area (Å²) >= 11 is 6.18. The highest BCUT2D eigenvalue weighted by atomic mass is 35.5. The summed E-state index contributed by atoms with van der Waals surface area (Å²) in [7, 11) is 0. The summed E-state index contributed by atoms with van der Waals surface area (Å²) in [6.07, 6.45) is 3.79. The van der Waals surface area contributed by atoms with E-state index in [0.717, 1.165) is 42.5 Å². The molecule has 3 rings (SSSR count). The Labute approximate surface area is 165 Å². The molecule has 0 bridgehead atoms. The zero-order chi connectivity index (χ0) is 19.4. The Morgan fingerprint density at radius 1 is 1.15 bits per heavy atom. The molecule has 1 fully saturated rings. The average molecular weight is 389 g/mol. The Morgan fingerprint density at radius 3 is 2.33 bits per heavy atom. The second-order valence-corrected chi connectivity index (χ2v) is 7.45. The number of benzene rings is 2. The van der Waals surface area contributed by atoms with Crippen molar-refractivity contribution >= 4 is 23.2 Å².